The number of carbonyl (C=O) groups is 1. The van der Waals surface area contributed by atoms with Gasteiger partial charge in [0.05, 0.1) is 14.2 Å². The second-order valence-corrected chi connectivity index (χ2v) is 4.29. The van der Waals surface area contributed by atoms with E-state index in [0.717, 1.165) is 0 Å². The maximum atomic E-state index is 13.7. The Morgan fingerprint density at radius 1 is 1.00 bits per heavy atom. The van der Waals surface area contributed by atoms with E-state index in [1.165, 1.54) is 25.3 Å². The molecule has 0 bridgehead atoms. The molecule has 0 saturated carbocycles. The van der Waals surface area contributed by atoms with E-state index in [0.29, 0.717) is 22.6 Å². The van der Waals surface area contributed by atoms with Crippen LogP contribution in [0.25, 0.3) is 0 Å². The van der Waals surface area contributed by atoms with Gasteiger partial charge in [0.1, 0.15) is 17.3 Å². The van der Waals surface area contributed by atoms with E-state index in [-0.39, 0.29) is 12.2 Å². The van der Waals surface area contributed by atoms with Crippen LogP contribution < -0.4 is 9.47 Å². The molecule has 104 valence electrons. The molecular weight excluding hydrogens is 259 g/mol. The Bertz CT molecular complexity index is 606. The second kappa shape index (κ2) is 6.19. The third-order valence-corrected chi connectivity index (χ3v) is 3.02. The number of carbonyl (C=O) groups excluding carboxylic acids is 1. The zero-order valence-electron chi connectivity index (χ0n) is 11.4. The lowest BCUT2D eigenvalue weighted by Gasteiger charge is -2.06. The highest BCUT2D eigenvalue weighted by molar-refractivity contribution is 5.97. The van der Waals surface area contributed by atoms with Crippen LogP contribution in [-0.4, -0.2) is 20.0 Å². The number of hydrogen-bond donors (Lipinski definition) is 0. The van der Waals surface area contributed by atoms with Crippen LogP contribution >= 0.6 is 0 Å². The van der Waals surface area contributed by atoms with Crippen LogP contribution in [0.3, 0.4) is 0 Å². The molecule has 0 spiro atoms. The minimum Gasteiger partial charge on any atom is -0.497 e. The first kappa shape index (κ1) is 14.1. The van der Waals surface area contributed by atoms with Gasteiger partial charge in [-0.3, -0.25) is 4.79 Å². The van der Waals surface area contributed by atoms with Crippen LogP contribution in [-0.2, 0) is 6.42 Å². The molecule has 0 aliphatic heterocycles. The first-order chi connectivity index (χ1) is 9.63. The number of ketones is 1. The molecule has 0 aliphatic rings. The summed E-state index contributed by atoms with van der Waals surface area (Å²) in [7, 11) is 3.06. The van der Waals surface area contributed by atoms with E-state index in [1.807, 2.05) is 0 Å². The molecule has 20 heavy (non-hydrogen) atoms. The van der Waals surface area contributed by atoms with Crippen LogP contribution in [0, 0.1) is 5.82 Å². The van der Waals surface area contributed by atoms with Gasteiger partial charge >= 0.3 is 0 Å². The molecule has 0 amide bonds. The van der Waals surface area contributed by atoms with Crippen molar-refractivity contribution in [3.05, 3.63) is 59.4 Å². The average Bonchev–Trinajstić information content (AvgIpc) is 2.49. The summed E-state index contributed by atoms with van der Waals surface area (Å²) in [6.45, 7) is 0. The largest absolute Gasteiger partial charge is 0.497 e. The Morgan fingerprint density at radius 2 is 1.60 bits per heavy atom. The quantitative estimate of drug-likeness (QED) is 0.785. The molecule has 4 heteroatoms. The van der Waals surface area contributed by atoms with Crippen molar-refractivity contribution in [3.63, 3.8) is 0 Å². The van der Waals surface area contributed by atoms with Gasteiger partial charge in [-0.25, -0.2) is 4.39 Å². The van der Waals surface area contributed by atoms with E-state index >= 15 is 0 Å². The topological polar surface area (TPSA) is 35.5 Å². The summed E-state index contributed by atoms with van der Waals surface area (Å²) in [4.78, 5) is 12.1. The molecule has 0 saturated heterocycles. The third kappa shape index (κ3) is 3.15. The van der Waals surface area contributed by atoms with Crippen molar-refractivity contribution in [2.75, 3.05) is 14.2 Å². The van der Waals surface area contributed by atoms with E-state index in [1.54, 1.807) is 31.4 Å². The number of Topliss-reactive ketones (excluding diaryl/α,β-unsaturated/α-hetero) is 1. The second-order valence-electron chi connectivity index (χ2n) is 4.29. The molecule has 0 aliphatic carbocycles. The Balaban J connectivity index is 2.18. The molecule has 0 radical (unpaired) electrons. The summed E-state index contributed by atoms with van der Waals surface area (Å²) in [5.74, 6) is 0.644. The van der Waals surface area contributed by atoms with Gasteiger partial charge in [-0.15, -0.1) is 0 Å². The molecule has 0 fully saturated rings. The minimum absolute atomic E-state index is 0.00460. The zero-order valence-corrected chi connectivity index (χ0v) is 11.4. The lowest BCUT2D eigenvalue weighted by atomic mass is 10.0. The standard InChI is InChI=1S/C16H15FO3/c1-19-13-5-3-11(4-6-13)16(18)10-12-9-14(20-2)7-8-15(12)17/h3-9H,10H2,1-2H3. The molecule has 0 N–H and O–H groups in total. The Labute approximate surface area is 117 Å². The van der Waals surface area contributed by atoms with Crippen LogP contribution in [0.2, 0.25) is 0 Å². The fourth-order valence-electron chi connectivity index (χ4n) is 1.87. The summed E-state index contributed by atoms with van der Waals surface area (Å²) in [6.07, 6.45) is -0.00460. The zero-order chi connectivity index (χ0) is 14.5. The fourth-order valence-corrected chi connectivity index (χ4v) is 1.87. The minimum atomic E-state index is -0.410. The maximum Gasteiger partial charge on any atom is 0.167 e. The predicted octanol–water partition coefficient (Wildman–Crippen LogP) is 3.27. The van der Waals surface area contributed by atoms with Crippen molar-refractivity contribution < 1.29 is 18.7 Å². The molecular formula is C16H15FO3. The summed E-state index contributed by atoms with van der Waals surface area (Å²) < 4.78 is 23.7. The first-order valence-electron chi connectivity index (χ1n) is 6.13. The Hall–Kier alpha value is -2.36. The third-order valence-electron chi connectivity index (χ3n) is 3.02. The van der Waals surface area contributed by atoms with Crippen molar-refractivity contribution in [2.45, 2.75) is 6.42 Å². The van der Waals surface area contributed by atoms with Gasteiger partial charge in [0.15, 0.2) is 5.78 Å². The lowest BCUT2D eigenvalue weighted by Crippen LogP contribution is -2.05. The fraction of sp³-hybridized carbons (Fsp3) is 0.188. The van der Waals surface area contributed by atoms with Crippen molar-refractivity contribution in [2.24, 2.45) is 0 Å². The van der Waals surface area contributed by atoms with E-state index in [2.05, 4.69) is 0 Å². The van der Waals surface area contributed by atoms with E-state index in [9.17, 15) is 9.18 Å². The van der Waals surface area contributed by atoms with Crippen molar-refractivity contribution in [3.8, 4) is 11.5 Å². The smallest absolute Gasteiger partial charge is 0.167 e. The van der Waals surface area contributed by atoms with Gasteiger partial charge < -0.3 is 9.47 Å². The van der Waals surface area contributed by atoms with Gasteiger partial charge in [-0.2, -0.15) is 0 Å². The van der Waals surface area contributed by atoms with Crippen molar-refractivity contribution in [1.29, 1.82) is 0 Å². The van der Waals surface area contributed by atoms with Crippen LogP contribution in [0.4, 0.5) is 4.39 Å². The molecule has 3 nitrogen and oxygen atoms in total. The Kier molecular flexibility index (Phi) is 4.35. The van der Waals surface area contributed by atoms with Gasteiger partial charge in [0, 0.05) is 12.0 Å². The highest BCUT2D eigenvalue weighted by Gasteiger charge is 2.11. The highest BCUT2D eigenvalue weighted by Crippen LogP contribution is 2.19. The number of hydrogen-bond acceptors (Lipinski definition) is 3. The molecule has 2 rings (SSSR count). The summed E-state index contributed by atoms with van der Waals surface area (Å²) >= 11 is 0. The number of methoxy groups -OCH3 is 2. The Morgan fingerprint density at radius 3 is 2.20 bits per heavy atom. The van der Waals surface area contributed by atoms with Gasteiger partial charge in [-0.05, 0) is 48.0 Å². The number of rotatable bonds is 5. The van der Waals surface area contributed by atoms with Gasteiger partial charge in [0.2, 0.25) is 0 Å². The van der Waals surface area contributed by atoms with E-state index in [4.69, 9.17) is 9.47 Å². The van der Waals surface area contributed by atoms with Gasteiger partial charge in [0.25, 0.3) is 0 Å². The maximum absolute atomic E-state index is 13.7. The predicted molar refractivity (Wildman–Crippen MR) is 74.0 cm³/mol. The van der Waals surface area contributed by atoms with Crippen LogP contribution in [0.1, 0.15) is 15.9 Å². The summed E-state index contributed by atoms with van der Waals surface area (Å²) in [5, 5.41) is 0. The first-order valence-corrected chi connectivity index (χ1v) is 6.13. The lowest BCUT2D eigenvalue weighted by molar-refractivity contribution is 0.0992. The SMILES string of the molecule is COc1ccc(C(=O)Cc2cc(OC)ccc2F)cc1. The van der Waals surface area contributed by atoms with Crippen LogP contribution in [0.5, 0.6) is 11.5 Å². The molecule has 0 unspecified atom stereocenters. The highest BCUT2D eigenvalue weighted by atomic mass is 19.1. The molecule has 0 aromatic heterocycles. The van der Waals surface area contributed by atoms with Crippen molar-refractivity contribution in [1.82, 2.24) is 0 Å². The molecule has 0 heterocycles. The number of benzene rings is 2. The summed E-state index contributed by atoms with van der Waals surface area (Å²) in [5.41, 5.74) is 0.846. The normalized spacial score (nSPS) is 10.2. The van der Waals surface area contributed by atoms with E-state index < -0.39 is 5.82 Å². The molecule has 2 aromatic rings. The number of ether oxygens (including phenoxy) is 2. The molecule has 0 atom stereocenters. The average molecular weight is 274 g/mol. The summed E-state index contributed by atoms with van der Waals surface area (Å²) in [6, 6.07) is 11.1. The van der Waals surface area contributed by atoms with Gasteiger partial charge in [-0.1, -0.05) is 0 Å². The monoisotopic (exact) mass is 274 g/mol. The van der Waals surface area contributed by atoms with Crippen LogP contribution in [0.15, 0.2) is 42.5 Å². The van der Waals surface area contributed by atoms with Crippen molar-refractivity contribution >= 4 is 5.78 Å². The number of halogens is 1. The molecule has 2 aromatic carbocycles.